The van der Waals surface area contributed by atoms with Gasteiger partial charge in [-0.3, -0.25) is 15.0 Å². The normalized spacial score (nSPS) is 15.4. The van der Waals surface area contributed by atoms with Crippen LogP contribution in [0.25, 0.3) is 0 Å². The van der Waals surface area contributed by atoms with Crippen LogP contribution in [0.1, 0.15) is 11.1 Å². The van der Waals surface area contributed by atoms with Crippen LogP contribution in [0.15, 0.2) is 42.5 Å². The van der Waals surface area contributed by atoms with Gasteiger partial charge in [0.15, 0.2) is 0 Å². The maximum Gasteiger partial charge on any atom is 0.327 e. The van der Waals surface area contributed by atoms with E-state index in [0.717, 1.165) is 25.6 Å². The van der Waals surface area contributed by atoms with Gasteiger partial charge in [0.25, 0.3) is 0 Å². The molecule has 0 bridgehead atoms. The molecule has 0 aromatic heterocycles. The molecule has 0 saturated heterocycles. The molecule has 1 unspecified atom stereocenters. The van der Waals surface area contributed by atoms with Crippen molar-refractivity contribution in [3.8, 4) is 0 Å². The summed E-state index contributed by atoms with van der Waals surface area (Å²) in [6.07, 6.45) is 0.222. The molecule has 2 aromatic carbocycles. The Kier molecular flexibility index (Phi) is 5.25. The molecule has 1 heterocycles. The molecule has 7 heteroatoms. The van der Waals surface area contributed by atoms with Crippen molar-refractivity contribution in [3.63, 3.8) is 0 Å². The fraction of sp³-hybridized carbons (Fsp3) is 0.333. The summed E-state index contributed by atoms with van der Waals surface area (Å²) < 4.78 is 13.6. The van der Waals surface area contributed by atoms with Crippen LogP contribution in [0.3, 0.4) is 0 Å². The van der Waals surface area contributed by atoms with Crippen LogP contribution in [0.5, 0.6) is 0 Å². The zero-order valence-corrected chi connectivity index (χ0v) is 13.7. The zero-order valence-electron chi connectivity index (χ0n) is 13.7. The average molecular weight is 345 g/mol. The van der Waals surface area contributed by atoms with Crippen molar-refractivity contribution in [2.45, 2.75) is 19.1 Å². The average Bonchev–Trinajstić information content (AvgIpc) is 2.59. The molecule has 0 amide bonds. The van der Waals surface area contributed by atoms with E-state index in [1.165, 1.54) is 23.3 Å². The number of aliphatic hydroxyl groups excluding tert-OH is 1. The van der Waals surface area contributed by atoms with E-state index in [9.17, 15) is 19.6 Å². The first-order valence-corrected chi connectivity index (χ1v) is 8.18. The third kappa shape index (κ3) is 4.12. The van der Waals surface area contributed by atoms with Gasteiger partial charge in [-0.15, -0.1) is 0 Å². The molecule has 132 valence electrons. The van der Waals surface area contributed by atoms with Crippen molar-refractivity contribution in [3.05, 3.63) is 69.5 Å². The number of nitro groups is 1. The first-order chi connectivity index (χ1) is 12.0. The Morgan fingerprint density at radius 2 is 2.00 bits per heavy atom. The molecule has 2 N–H and O–H groups in total. The molecule has 0 aliphatic carbocycles. The monoisotopic (exact) mass is 345 g/mol. The number of hydrogen-bond donors (Lipinski definition) is 2. The number of nitrogens with one attached hydrogen (secondary N) is 1. The van der Waals surface area contributed by atoms with Crippen LogP contribution in [-0.4, -0.2) is 40.7 Å². The Balaban J connectivity index is 1.57. The number of halogens is 1. The number of anilines is 1. The third-order valence-electron chi connectivity index (χ3n) is 4.38. The van der Waals surface area contributed by atoms with E-state index in [-0.39, 0.29) is 12.2 Å². The molecule has 0 radical (unpaired) electrons. The Morgan fingerprint density at radius 3 is 2.76 bits per heavy atom. The van der Waals surface area contributed by atoms with Gasteiger partial charge in [0.05, 0.1) is 11.0 Å². The maximum atomic E-state index is 13.6. The molecule has 0 spiro atoms. The predicted molar refractivity (Wildman–Crippen MR) is 93.0 cm³/mol. The van der Waals surface area contributed by atoms with Crippen molar-refractivity contribution in [1.82, 2.24) is 4.90 Å². The number of fused-ring (bicyclic) bond motifs is 1. The quantitative estimate of drug-likeness (QED) is 0.621. The molecule has 1 aliphatic heterocycles. The van der Waals surface area contributed by atoms with Gasteiger partial charge >= 0.3 is 5.69 Å². The van der Waals surface area contributed by atoms with Crippen molar-refractivity contribution in [1.29, 1.82) is 0 Å². The summed E-state index contributed by atoms with van der Waals surface area (Å²) in [6.45, 7) is 2.19. The Hall–Kier alpha value is -2.51. The van der Waals surface area contributed by atoms with E-state index in [4.69, 9.17) is 0 Å². The summed E-state index contributed by atoms with van der Waals surface area (Å²) in [6, 6.07) is 12.1. The van der Waals surface area contributed by atoms with Gasteiger partial charge in [-0.2, -0.15) is 4.39 Å². The van der Waals surface area contributed by atoms with Crippen molar-refractivity contribution in [2.75, 3.05) is 25.0 Å². The van der Waals surface area contributed by atoms with Gasteiger partial charge in [0.2, 0.25) is 5.82 Å². The lowest BCUT2D eigenvalue weighted by Crippen LogP contribution is -2.39. The SMILES string of the molecule is O=[N+]([O-])c1c(F)cccc1NCC(O)CN1CCc2ccccc2C1. The molecule has 3 rings (SSSR count). The smallest absolute Gasteiger partial charge is 0.327 e. The second-order valence-corrected chi connectivity index (χ2v) is 6.18. The maximum absolute atomic E-state index is 13.6. The van der Waals surface area contributed by atoms with Gasteiger partial charge in [0, 0.05) is 26.2 Å². The van der Waals surface area contributed by atoms with E-state index < -0.39 is 22.5 Å². The van der Waals surface area contributed by atoms with E-state index in [1.807, 2.05) is 12.1 Å². The third-order valence-corrected chi connectivity index (χ3v) is 4.38. The first kappa shape index (κ1) is 17.3. The van der Waals surface area contributed by atoms with Gasteiger partial charge in [-0.25, -0.2) is 0 Å². The number of para-hydroxylation sites is 1. The molecule has 25 heavy (non-hydrogen) atoms. The fourth-order valence-corrected chi connectivity index (χ4v) is 3.14. The number of nitro benzene ring substituents is 1. The number of hydrogen-bond acceptors (Lipinski definition) is 5. The molecular weight excluding hydrogens is 325 g/mol. The Labute approximate surface area is 145 Å². The summed E-state index contributed by atoms with van der Waals surface area (Å²) in [5, 5.41) is 24.0. The van der Waals surface area contributed by atoms with Crippen LogP contribution >= 0.6 is 0 Å². The summed E-state index contributed by atoms with van der Waals surface area (Å²) in [7, 11) is 0. The lowest BCUT2D eigenvalue weighted by atomic mass is 10.00. The van der Waals surface area contributed by atoms with Gasteiger partial charge in [-0.1, -0.05) is 30.3 Å². The number of aliphatic hydroxyl groups is 1. The summed E-state index contributed by atoms with van der Waals surface area (Å²) >= 11 is 0. The second-order valence-electron chi connectivity index (χ2n) is 6.18. The second kappa shape index (κ2) is 7.58. The first-order valence-electron chi connectivity index (χ1n) is 8.18. The van der Waals surface area contributed by atoms with Gasteiger partial charge in [0.1, 0.15) is 5.69 Å². The van der Waals surface area contributed by atoms with E-state index >= 15 is 0 Å². The number of β-amino-alcohol motifs (C(OH)–C–C–N with tert-alkyl or cyclic N) is 1. The molecule has 1 atom stereocenters. The molecule has 1 aliphatic rings. The van der Waals surface area contributed by atoms with E-state index in [2.05, 4.69) is 22.3 Å². The standard InChI is InChI=1S/C18H20FN3O3/c19-16-6-3-7-17(18(16)22(24)25)20-10-15(23)12-21-9-8-13-4-1-2-5-14(13)11-21/h1-7,15,20,23H,8-12H2. The van der Waals surface area contributed by atoms with Gasteiger partial charge < -0.3 is 10.4 Å². The largest absolute Gasteiger partial charge is 0.390 e. The van der Waals surface area contributed by atoms with Crippen LogP contribution < -0.4 is 5.32 Å². The molecule has 0 fully saturated rings. The minimum atomic E-state index is -0.892. The summed E-state index contributed by atoms with van der Waals surface area (Å²) in [5.74, 6) is -0.892. The Bertz CT molecular complexity index is 769. The summed E-state index contributed by atoms with van der Waals surface area (Å²) in [4.78, 5) is 12.4. The topological polar surface area (TPSA) is 78.6 Å². The molecular formula is C18H20FN3O3. The predicted octanol–water partition coefficient (Wildman–Crippen LogP) is 2.57. The zero-order chi connectivity index (χ0) is 17.8. The number of benzene rings is 2. The van der Waals surface area contributed by atoms with E-state index in [0.29, 0.717) is 6.54 Å². The minimum absolute atomic E-state index is 0.0769. The highest BCUT2D eigenvalue weighted by molar-refractivity contribution is 5.61. The number of rotatable bonds is 6. The minimum Gasteiger partial charge on any atom is -0.390 e. The summed E-state index contributed by atoms with van der Waals surface area (Å²) in [5.41, 5.74) is 2.08. The van der Waals surface area contributed by atoms with Gasteiger partial charge in [-0.05, 0) is 29.7 Å². The van der Waals surface area contributed by atoms with Crippen LogP contribution in [-0.2, 0) is 13.0 Å². The van der Waals surface area contributed by atoms with Crippen LogP contribution in [0.4, 0.5) is 15.8 Å². The van der Waals surface area contributed by atoms with Crippen molar-refractivity contribution >= 4 is 11.4 Å². The molecule has 0 saturated carbocycles. The van der Waals surface area contributed by atoms with Crippen molar-refractivity contribution < 1.29 is 14.4 Å². The van der Waals surface area contributed by atoms with Crippen molar-refractivity contribution in [2.24, 2.45) is 0 Å². The van der Waals surface area contributed by atoms with Crippen LogP contribution in [0, 0.1) is 15.9 Å². The molecule has 2 aromatic rings. The van der Waals surface area contributed by atoms with Crippen LogP contribution in [0.2, 0.25) is 0 Å². The molecule has 6 nitrogen and oxygen atoms in total. The highest BCUT2D eigenvalue weighted by Gasteiger charge is 2.22. The lowest BCUT2D eigenvalue weighted by molar-refractivity contribution is -0.386. The highest BCUT2D eigenvalue weighted by atomic mass is 19.1. The van der Waals surface area contributed by atoms with E-state index in [1.54, 1.807) is 0 Å². The highest BCUT2D eigenvalue weighted by Crippen LogP contribution is 2.27. The fourth-order valence-electron chi connectivity index (χ4n) is 3.14. The number of nitrogens with zero attached hydrogens (tertiary/aromatic N) is 2. The Morgan fingerprint density at radius 1 is 1.24 bits per heavy atom. The lowest BCUT2D eigenvalue weighted by Gasteiger charge is -2.30.